The molecule has 18 heavy (non-hydrogen) atoms. The SMILES string of the molecule is COC1CCCN(C(=O)c2ccc(NN)cc2)C1. The van der Waals surface area contributed by atoms with Crippen LogP contribution in [0.25, 0.3) is 0 Å². The van der Waals surface area contributed by atoms with Gasteiger partial charge in [0.2, 0.25) is 0 Å². The number of ether oxygens (including phenoxy) is 1. The van der Waals surface area contributed by atoms with Gasteiger partial charge < -0.3 is 15.1 Å². The van der Waals surface area contributed by atoms with Crippen molar-refractivity contribution in [2.75, 3.05) is 25.6 Å². The fraction of sp³-hybridized carbons (Fsp3) is 0.462. The summed E-state index contributed by atoms with van der Waals surface area (Å²) in [6.45, 7) is 1.47. The van der Waals surface area contributed by atoms with Crippen LogP contribution < -0.4 is 11.3 Å². The number of carbonyl (C=O) groups excluding carboxylic acids is 1. The molecule has 1 amide bonds. The number of likely N-dealkylation sites (tertiary alicyclic amines) is 1. The quantitative estimate of drug-likeness (QED) is 0.624. The molecule has 1 aromatic rings. The number of anilines is 1. The predicted molar refractivity (Wildman–Crippen MR) is 70.2 cm³/mol. The third kappa shape index (κ3) is 2.80. The second-order valence-corrected chi connectivity index (χ2v) is 4.47. The lowest BCUT2D eigenvalue weighted by Gasteiger charge is -2.32. The second-order valence-electron chi connectivity index (χ2n) is 4.47. The molecule has 0 spiro atoms. The van der Waals surface area contributed by atoms with E-state index in [1.54, 1.807) is 31.4 Å². The van der Waals surface area contributed by atoms with Crippen LogP contribution in [0.3, 0.4) is 0 Å². The van der Waals surface area contributed by atoms with Gasteiger partial charge in [0, 0.05) is 31.5 Å². The molecule has 1 saturated heterocycles. The lowest BCUT2D eigenvalue weighted by molar-refractivity contribution is 0.0269. The Bertz CT molecular complexity index is 405. The first-order valence-corrected chi connectivity index (χ1v) is 6.13. The molecule has 98 valence electrons. The Morgan fingerprint density at radius 2 is 2.17 bits per heavy atom. The van der Waals surface area contributed by atoms with Gasteiger partial charge in [0.05, 0.1) is 6.10 Å². The van der Waals surface area contributed by atoms with Crippen LogP contribution in [0.2, 0.25) is 0 Å². The first kappa shape index (κ1) is 12.9. The monoisotopic (exact) mass is 249 g/mol. The summed E-state index contributed by atoms with van der Waals surface area (Å²) in [7, 11) is 1.69. The Hall–Kier alpha value is -1.59. The Balaban J connectivity index is 2.05. The van der Waals surface area contributed by atoms with Crippen molar-refractivity contribution in [1.29, 1.82) is 0 Å². The van der Waals surface area contributed by atoms with Crippen molar-refractivity contribution < 1.29 is 9.53 Å². The topological polar surface area (TPSA) is 67.6 Å². The lowest BCUT2D eigenvalue weighted by Crippen LogP contribution is -2.42. The lowest BCUT2D eigenvalue weighted by atomic mass is 10.1. The van der Waals surface area contributed by atoms with E-state index in [1.807, 2.05) is 4.90 Å². The molecule has 0 aliphatic carbocycles. The van der Waals surface area contributed by atoms with Gasteiger partial charge in [0.1, 0.15) is 0 Å². The summed E-state index contributed by atoms with van der Waals surface area (Å²) in [5.41, 5.74) is 4.02. The van der Waals surface area contributed by atoms with E-state index in [0.717, 1.165) is 25.1 Å². The largest absolute Gasteiger partial charge is 0.380 e. The maximum Gasteiger partial charge on any atom is 0.253 e. The average molecular weight is 249 g/mol. The zero-order chi connectivity index (χ0) is 13.0. The molecule has 0 aromatic heterocycles. The van der Waals surface area contributed by atoms with Crippen LogP contribution in [0.5, 0.6) is 0 Å². The summed E-state index contributed by atoms with van der Waals surface area (Å²) in [6.07, 6.45) is 2.18. The van der Waals surface area contributed by atoms with Crippen LogP contribution >= 0.6 is 0 Å². The summed E-state index contributed by atoms with van der Waals surface area (Å²) in [4.78, 5) is 14.1. The van der Waals surface area contributed by atoms with E-state index in [2.05, 4.69) is 5.43 Å². The molecule has 1 heterocycles. The summed E-state index contributed by atoms with van der Waals surface area (Å²) in [5, 5.41) is 0. The molecule has 5 heteroatoms. The van der Waals surface area contributed by atoms with Gasteiger partial charge in [-0.15, -0.1) is 0 Å². The maximum absolute atomic E-state index is 12.3. The van der Waals surface area contributed by atoms with Crippen LogP contribution in [-0.4, -0.2) is 37.1 Å². The number of nitrogens with one attached hydrogen (secondary N) is 1. The number of hydrazine groups is 1. The van der Waals surface area contributed by atoms with Crippen molar-refractivity contribution in [1.82, 2.24) is 4.90 Å². The first-order chi connectivity index (χ1) is 8.74. The van der Waals surface area contributed by atoms with Gasteiger partial charge in [-0.2, -0.15) is 0 Å². The molecule has 0 radical (unpaired) electrons. The van der Waals surface area contributed by atoms with Crippen LogP contribution in [0, 0.1) is 0 Å². The van der Waals surface area contributed by atoms with E-state index in [9.17, 15) is 4.79 Å². The van der Waals surface area contributed by atoms with Gasteiger partial charge in [-0.1, -0.05) is 0 Å². The molecule has 1 aliphatic heterocycles. The van der Waals surface area contributed by atoms with Crippen molar-refractivity contribution in [3.63, 3.8) is 0 Å². The molecule has 5 nitrogen and oxygen atoms in total. The van der Waals surface area contributed by atoms with E-state index in [1.165, 1.54) is 0 Å². The molecule has 3 N–H and O–H groups in total. The number of hydrogen-bond acceptors (Lipinski definition) is 4. The standard InChI is InChI=1S/C13H19N3O2/c1-18-12-3-2-8-16(9-12)13(17)10-4-6-11(15-14)7-5-10/h4-7,12,15H,2-3,8-9,14H2,1H3. The Labute approximate surface area is 107 Å². The molecule has 1 aromatic carbocycles. The summed E-state index contributed by atoms with van der Waals surface area (Å²) in [5.74, 6) is 5.35. The molecule has 0 saturated carbocycles. The number of hydrogen-bond donors (Lipinski definition) is 2. The number of carbonyl (C=O) groups is 1. The van der Waals surface area contributed by atoms with Crippen molar-refractivity contribution in [2.45, 2.75) is 18.9 Å². The van der Waals surface area contributed by atoms with Crippen molar-refractivity contribution in [3.05, 3.63) is 29.8 Å². The first-order valence-electron chi connectivity index (χ1n) is 6.13. The van der Waals surface area contributed by atoms with E-state index in [-0.39, 0.29) is 12.0 Å². The predicted octanol–water partition coefficient (Wildman–Crippen LogP) is 1.22. The molecule has 1 atom stereocenters. The van der Waals surface area contributed by atoms with Gasteiger partial charge in [-0.3, -0.25) is 10.6 Å². The minimum atomic E-state index is 0.0559. The number of piperidine rings is 1. The molecular formula is C13H19N3O2. The zero-order valence-corrected chi connectivity index (χ0v) is 10.6. The van der Waals surface area contributed by atoms with Gasteiger partial charge >= 0.3 is 0 Å². The van der Waals surface area contributed by atoms with Gasteiger partial charge in [0.25, 0.3) is 5.91 Å². The van der Waals surface area contributed by atoms with Crippen LogP contribution in [0.4, 0.5) is 5.69 Å². The summed E-state index contributed by atoms with van der Waals surface area (Å²) in [6, 6.07) is 7.16. The third-order valence-corrected chi connectivity index (χ3v) is 3.30. The molecule has 1 unspecified atom stereocenters. The minimum absolute atomic E-state index is 0.0559. The van der Waals surface area contributed by atoms with Crippen LogP contribution in [-0.2, 0) is 4.74 Å². The van der Waals surface area contributed by atoms with Crippen LogP contribution in [0.15, 0.2) is 24.3 Å². The summed E-state index contributed by atoms with van der Waals surface area (Å²) < 4.78 is 5.32. The van der Waals surface area contributed by atoms with E-state index < -0.39 is 0 Å². The van der Waals surface area contributed by atoms with Crippen molar-refractivity contribution >= 4 is 11.6 Å². The smallest absolute Gasteiger partial charge is 0.253 e. The Morgan fingerprint density at radius 1 is 1.44 bits per heavy atom. The highest BCUT2D eigenvalue weighted by Gasteiger charge is 2.24. The molecule has 2 rings (SSSR count). The Morgan fingerprint density at radius 3 is 2.78 bits per heavy atom. The number of nitrogens with two attached hydrogens (primary N) is 1. The van der Waals surface area contributed by atoms with Crippen molar-refractivity contribution in [2.24, 2.45) is 5.84 Å². The minimum Gasteiger partial charge on any atom is -0.380 e. The highest BCUT2D eigenvalue weighted by Crippen LogP contribution is 2.16. The average Bonchev–Trinajstić information content (AvgIpc) is 2.46. The fourth-order valence-electron chi connectivity index (χ4n) is 2.21. The van der Waals surface area contributed by atoms with Crippen molar-refractivity contribution in [3.8, 4) is 0 Å². The fourth-order valence-corrected chi connectivity index (χ4v) is 2.21. The van der Waals surface area contributed by atoms with Gasteiger partial charge in [0.15, 0.2) is 0 Å². The van der Waals surface area contributed by atoms with E-state index >= 15 is 0 Å². The number of methoxy groups -OCH3 is 1. The van der Waals surface area contributed by atoms with Gasteiger partial charge in [-0.05, 0) is 37.1 Å². The highest BCUT2D eigenvalue weighted by atomic mass is 16.5. The number of rotatable bonds is 3. The molecule has 0 bridgehead atoms. The van der Waals surface area contributed by atoms with Gasteiger partial charge in [-0.25, -0.2) is 0 Å². The second kappa shape index (κ2) is 5.84. The Kier molecular flexibility index (Phi) is 4.17. The van der Waals surface area contributed by atoms with E-state index in [4.69, 9.17) is 10.6 Å². The number of nitrogen functional groups attached to an aromatic ring is 1. The molecule has 1 fully saturated rings. The zero-order valence-electron chi connectivity index (χ0n) is 10.6. The summed E-state index contributed by atoms with van der Waals surface area (Å²) >= 11 is 0. The third-order valence-electron chi connectivity index (χ3n) is 3.30. The normalized spacial score (nSPS) is 19.7. The molecule has 1 aliphatic rings. The number of nitrogens with zero attached hydrogens (tertiary/aromatic N) is 1. The maximum atomic E-state index is 12.3. The molecular weight excluding hydrogens is 230 g/mol. The highest BCUT2D eigenvalue weighted by molar-refractivity contribution is 5.94. The van der Waals surface area contributed by atoms with E-state index in [0.29, 0.717) is 12.1 Å². The van der Waals surface area contributed by atoms with Crippen LogP contribution in [0.1, 0.15) is 23.2 Å². The number of benzene rings is 1. The number of amides is 1.